The maximum absolute atomic E-state index is 13.3. The molecule has 186 valence electrons. The minimum Gasteiger partial charge on any atom is -0.507 e. The van der Waals surface area contributed by atoms with Crippen molar-refractivity contribution in [2.45, 2.75) is 33.2 Å². The molecule has 1 amide bonds. The maximum atomic E-state index is 13.3. The van der Waals surface area contributed by atoms with Crippen LogP contribution in [-0.2, 0) is 14.3 Å². The van der Waals surface area contributed by atoms with Gasteiger partial charge in [-0.1, -0.05) is 60.2 Å². The van der Waals surface area contributed by atoms with Gasteiger partial charge in [-0.3, -0.25) is 14.5 Å². The zero-order chi connectivity index (χ0) is 26.0. The predicted octanol–water partition coefficient (Wildman–Crippen LogP) is 4.96. The van der Waals surface area contributed by atoms with Crippen LogP contribution in [0.5, 0.6) is 5.75 Å². The summed E-state index contributed by atoms with van der Waals surface area (Å²) in [6, 6.07) is 13.1. The lowest BCUT2D eigenvalue weighted by atomic mass is 9.95. The number of anilines is 1. The van der Waals surface area contributed by atoms with Crippen molar-refractivity contribution in [2.75, 3.05) is 18.6 Å². The first-order chi connectivity index (χ1) is 17.3. The molecule has 1 aromatic heterocycles. The SMILES string of the molecule is CCCOc1cccc(C(O)=C2C(=O)C(=O)N(c3nc(C)c(C(=O)OC)s3)C2c2ccc(C)cc2)c1. The number of aromatic nitrogens is 1. The van der Waals surface area contributed by atoms with E-state index in [1.165, 1.54) is 12.0 Å². The lowest BCUT2D eigenvalue weighted by Gasteiger charge is -2.23. The van der Waals surface area contributed by atoms with Crippen molar-refractivity contribution in [1.29, 1.82) is 0 Å². The Morgan fingerprint density at radius 1 is 1.14 bits per heavy atom. The van der Waals surface area contributed by atoms with Gasteiger partial charge in [0.1, 0.15) is 16.4 Å². The van der Waals surface area contributed by atoms with E-state index in [2.05, 4.69) is 4.98 Å². The standard InChI is InChI=1S/C27H26N2O6S/c1-5-13-35-19-8-6-7-18(14-19)22(30)20-21(17-11-9-15(2)10-12-17)29(25(32)23(20)31)27-28-16(3)24(36-27)26(33)34-4/h6-12,14,21,30H,5,13H2,1-4H3. The number of rotatable bonds is 7. The van der Waals surface area contributed by atoms with Crippen LogP contribution in [0, 0.1) is 13.8 Å². The van der Waals surface area contributed by atoms with E-state index in [1.54, 1.807) is 43.3 Å². The minimum atomic E-state index is -0.943. The van der Waals surface area contributed by atoms with Gasteiger partial charge in [0.25, 0.3) is 5.78 Å². The average Bonchev–Trinajstić information content (AvgIpc) is 3.39. The lowest BCUT2D eigenvalue weighted by Crippen LogP contribution is -2.29. The van der Waals surface area contributed by atoms with Crippen LogP contribution in [0.25, 0.3) is 5.76 Å². The molecule has 36 heavy (non-hydrogen) atoms. The van der Waals surface area contributed by atoms with Gasteiger partial charge in [-0.25, -0.2) is 9.78 Å². The summed E-state index contributed by atoms with van der Waals surface area (Å²) in [5, 5.41) is 11.5. The Kier molecular flexibility index (Phi) is 7.21. The molecule has 1 unspecified atom stereocenters. The summed E-state index contributed by atoms with van der Waals surface area (Å²) in [7, 11) is 1.26. The molecule has 1 aliphatic rings. The fourth-order valence-electron chi connectivity index (χ4n) is 3.97. The van der Waals surface area contributed by atoms with Gasteiger partial charge in [0.2, 0.25) is 0 Å². The molecule has 1 fully saturated rings. The minimum absolute atomic E-state index is 0.0658. The molecule has 8 nitrogen and oxygen atoms in total. The first kappa shape index (κ1) is 25.1. The van der Waals surface area contributed by atoms with Crippen molar-refractivity contribution < 1.29 is 29.0 Å². The number of aliphatic hydroxyl groups is 1. The summed E-state index contributed by atoms with van der Waals surface area (Å²) in [5.74, 6) is -2.04. The zero-order valence-corrected chi connectivity index (χ0v) is 21.2. The second kappa shape index (κ2) is 10.3. The van der Waals surface area contributed by atoms with Gasteiger partial charge < -0.3 is 14.6 Å². The van der Waals surface area contributed by atoms with E-state index in [-0.39, 0.29) is 21.3 Å². The van der Waals surface area contributed by atoms with Gasteiger partial charge in [0.15, 0.2) is 5.13 Å². The number of esters is 1. The molecule has 9 heteroatoms. The molecule has 0 saturated carbocycles. The Morgan fingerprint density at radius 2 is 1.86 bits per heavy atom. The Bertz CT molecular complexity index is 1360. The number of hydrogen-bond acceptors (Lipinski definition) is 8. The fraction of sp³-hybridized carbons (Fsp3) is 0.259. The largest absolute Gasteiger partial charge is 0.507 e. The van der Waals surface area contributed by atoms with Crippen molar-refractivity contribution in [1.82, 2.24) is 4.98 Å². The summed E-state index contributed by atoms with van der Waals surface area (Å²) < 4.78 is 10.5. The van der Waals surface area contributed by atoms with E-state index in [9.17, 15) is 19.5 Å². The lowest BCUT2D eigenvalue weighted by molar-refractivity contribution is -0.132. The number of aliphatic hydroxyl groups excluding tert-OH is 1. The number of ketones is 1. The number of carbonyl (C=O) groups excluding carboxylic acids is 3. The molecule has 4 rings (SSSR count). The number of thiazole rings is 1. The van der Waals surface area contributed by atoms with Crippen LogP contribution in [0.15, 0.2) is 54.1 Å². The molecular formula is C27H26N2O6S. The highest BCUT2D eigenvalue weighted by Crippen LogP contribution is 2.44. The van der Waals surface area contributed by atoms with Crippen molar-refractivity contribution in [2.24, 2.45) is 0 Å². The molecule has 2 aromatic carbocycles. The number of ether oxygens (including phenoxy) is 2. The third-order valence-corrected chi connectivity index (χ3v) is 6.92. The molecule has 1 aliphatic heterocycles. The van der Waals surface area contributed by atoms with E-state index < -0.39 is 23.7 Å². The quantitative estimate of drug-likeness (QED) is 0.209. The molecule has 0 bridgehead atoms. The highest BCUT2D eigenvalue weighted by atomic mass is 32.1. The number of aryl methyl sites for hydroxylation is 2. The molecule has 3 aromatic rings. The summed E-state index contributed by atoms with van der Waals surface area (Å²) >= 11 is 0.961. The van der Waals surface area contributed by atoms with Crippen LogP contribution in [0.4, 0.5) is 5.13 Å². The highest BCUT2D eigenvalue weighted by Gasteiger charge is 2.48. The van der Waals surface area contributed by atoms with Gasteiger partial charge in [-0.2, -0.15) is 0 Å². The summed E-state index contributed by atoms with van der Waals surface area (Å²) in [6.07, 6.45) is 0.815. The number of nitrogens with zero attached hydrogens (tertiary/aromatic N) is 2. The second-order valence-electron chi connectivity index (χ2n) is 8.36. The number of hydrogen-bond donors (Lipinski definition) is 1. The zero-order valence-electron chi connectivity index (χ0n) is 20.4. The predicted molar refractivity (Wildman–Crippen MR) is 136 cm³/mol. The Hall–Kier alpha value is -3.98. The number of benzene rings is 2. The van der Waals surface area contributed by atoms with Crippen LogP contribution in [0.1, 0.15) is 51.4 Å². The van der Waals surface area contributed by atoms with Gasteiger partial charge >= 0.3 is 11.9 Å². The first-order valence-electron chi connectivity index (χ1n) is 11.4. The van der Waals surface area contributed by atoms with Crippen molar-refractivity contribution in [3.63, 3.8) is 0 Å². The van der Waals surface area contributed by atoms with Crippen LogP contribution in [-0.4, -0.2) is 41.5 Å². The number of carbonyl (C=O) groups is 3. The Balaban J connectivity index is 1.89. The van der Waals surface area contributed by atoms with Crippen LogP contribution < -0.4 is 9.64 Å². The number of Topliss-reactive ketones (excluding diaryl/α,β-unsaturated/α-hetero) is 1. The third-order valence-electron chi connectivity index (χ3n) is 5.78. The molecule has 0 spiro atoms. The van der Waals surface area contributed by atoms with E-state index in [4.69, 9.17) is 9.47 Å². The van der Waals surface area contributed by atoms with Gasteiger partial charge in [-0.05, 0) is 38.0 Å². The average molecular weight is 507 g/mol. The van der Waals surface area contributed by atoms with Gasteiger partial charge in [-0.15, -0.1) is 0 Å². The Labute approximate surface area is 212 Å². The summed E-state index contributed by atoms with van der Waals surface area (Å²) in [4.78, 5) is 44.7. The van der Waals surface area contributed by atoms with E-state index in [1.807, 2.05) is 26.0 Å². The van der Waals surface area contributed by atoms with Crippen molar-refractivity contribution in [3.8, 4) is 5.75 Å². The highest BCUT2D eigenvalue weighted by molar-refractivity contribution is 7.17. The van der Waals surface area contributed by atoms with E-state index in [0.29, 0.717) is 29.2 Å². The number of methoxy groups -OCH3 is 1. The molecular weight excluding hydrogens is 480 g/mol. The Morgan fingerprint density at radius 3 is 2.53 bits per heavy atom. The fourth-order valence-corrected chi connectivity index (χ4v) is 4.98. The number of amides is 1. The molecule has 1 atom stereocenters. The van der Waals surface area contributed by atoms with Crippen LogP contribution in [0.3, 0.4) is 0 Å². The van der Waals surface area contributed by atoms with E-state index >= 15 is 0 Å². The van der Waals surface area contributed by atoms with Gasteiger partial charge in [0, 0.05) is 5.56 Å². The van der Waals surface area contributed by atoms with Crippen molar-refractivity contribution in [3.05, 3.63) is 81.4 Å². The molecule has 1 saturated heterocycles. The smallest absolute Gasteiger partial charge is 0.350 e. The van der Waals surface area contributed by atoms with Crippen LogP contribution in [0.2, 0.25) is 0 Å². The monoisotopic (exact) mass is 506 g/mol. The first-order valence-corrected chi connectivity index (χ1v) is 12.2. The molecule has 0 radical (unpaired) electrons. The van der Waals surface area contributed by atoms with Gasteiger partial charge in [0.05, 0.1) is 31.0 Å². The summed E-state index contributed by atoms with van der Waals surface area (Å²) in [5.41, 5.74) is 2.28. The topological polar surface area (TPSA) is 106 Å². The van der Waals surface area contributed by atoms with E-state index in [0.717, 1.165) is 23.3 Å². The van der Waals surface area contributed by atoms with Crippen molar-refractivity contribution >= 4 is 39.9 Å². The molecule has 0 aliphatic carbocycles. The molecule has 2 heterocycles. The normalized spacial score (nSPS) is 16.9. The summed E-state index contributed by atoms with van der Waals surface area (Å²) in [6.45, 7) is 6.05. The third kappa shape index (κ3) is 4.61. The van der Waals surface area contributed by atoms with Crippen LogP contribution >= 0.6 is 11.3 Å². The maximum Gasteiger partial charge on any atom is 0.350 e. The second-order valence-corrected chi connectivity index (χ2v) is 9.34. The molecule has 1 N–H and O–H groups in total.